The molecule has 3 heteroatoms. The summed E-state index contributed by atoms with van der Waals surface area (Å²) in [6, 6.07) is 0.514. The van der Waals surface area contributed by atoms with Gasteiger partial charge in [-0.1, -0.05) is 13.8 Å². The van der Waals surface area contributed by atoms with E-state index in [0.717, 1.165) is 0 Å². The molecule has 0 N–H and O–H groups in total. The molecule has 0 aromatic carbocycles. The zero-order chi connectivity index (χ0) is 14.8. The minimum absolute atomic E-state index is 0.0500. The van der Waals surface area contributed by atoms with E-state index in [-0.39, 0.29) is 16.5 Å². The fraction of sp³-hybridized carbons (Fsp3) is 0.812. The maximum absolute atomic E-state index is 4.66. The Morgan fingerprint density at radius 3 is 2.05 bits per heavy atom. The van der Waals surface area contributed by atoms with Crippen molar-refractivity contribution in [2.24, 2.45) is 0 Å². The summed E-state index contributed by atoms with van der Waals surface area (Å²) in [6.07, 6.45) is 0. The summed E-state index contributed by atoms with van der Waals surface area (Å²) in [5, 5.41) is 0. The Balaban J connectivity index is 2.80. The third kappa shape index (κ3) is 1.74. The van der Waals surface area contributed by atoms with Crippen LogP contribution in [0.25, 0.3) is 0 Å². The van der Waals surface area contributed by atoms with Crippen molar-refractivity contribution in [3.8, 4) is 0 Å². The van der Waals surface area contributed by atoms with Gasteiger partial charge in [0.15, 0.2) is 0 Å². The monoisotopic (exact) mass is 280 g/mol. The van der Waals surface area contributed by atoms with E-state index in [1.54, 1.807) is 11.5 Å². The van der Waals surface area contributed by atoms with E-state index >= 15 is 0 Å². The molecule has 0 fully saturated rings. The first-order valence-electron chi connectivity index (χ1n) is 7.22. The van der Waals surface area contributed by atoms with E-state index in [0.29, 0.717) is 6.04 Å². The van der Waals surface area contributed by atoms with E-state index in [1.165, 1.54) is 16.1 Å². The normalized spacial score (nSPS) is 24.5. The summed E-state index contributed by atoms with van der Waals surface area (Å²) in [7, 11) is 0. The van der Waals surface area contributed by atoms with E-state index in [9.17, 15) is 0 Å². The van der Waals surface area contributed by atoms with Crippen molar-refractivity contribution in [1.82, 2.24) is 9.27 Å². The molecule has 0 aliphatic carbocycles. The van der Waals surface area contributed by atoms with Crippen molar-refractivity contribution < 1.29 is 0 Å². The molecular weight excluding hydrogens is 252 g/mol. The smallest absolute Gasteiger partial charge is 0.0552 e. The fourth-order valence-electron chi connectivity index (χ4n) is 4.23. The first-order chi connectivity index (χ1) is 8.45. The number of nitrogens with zero attached hydrogens (tertiary/aromatic N) is 2. The molecule has 1 aromatic heterocycles. The highest BCUT2D eigenvalue weighted by atomic mass is 32.1. The number of aryl methyl sites for hydroxylation is 1. The maximum atomic E-state index is 4.66. The van der Waals surface area contributed by atoms with Crippen LogP contribution in [0.2, 0.25) is 0 Å². The number of fused-ring (bicyclic) bond motifs is 1. The average Bonchev–Trinajstić information content (AvgIpc) is 2.57. The summed E-state index contributed by atoms with van der Waals surface area (Å²) in [5.74, 6) is 0. The van der Waals surface area contributed by atoms with Crippen LogP contribution >= 0.6 is 11.5 Å². The van der Waals surface area contributed by atoms with Crippen molar-refractivity contribution in [1.29, 1.82) is 0 Å². The molecule has 1 aromatic rings. The Morgan fingerprint density at radius 2 is 1.58 bits per heavy atom. The van der Waals surface area contributed by atoms with Gasteiger partial charge >= 0.3 is 0 Å². The summed E-state index contributed by atoms with van der Waals surface area (Å²) in [4.78, 5) is 4.11. The third-order valence-corrected chi connectivity index (χ3v) is 6.55. The highest BCUT2D eigenvalue weighted by Crippen LogP contribution is 2.55. The summed E-state index contributed by atoms with van der Waals surface area (Å²) in [6.45, 7) is 21.0. The summed E-state index contributed by atoms with van der Waals surface area (Å²) >= 11 is 1.69. The fourth-order valence-corrected chi connectivity index (χ4v) is 5.36. The number of rotatable bonds is 1. The van der Waals surface area contributed by atoms with Crippen LogP contribution in [-0.2, 0) is 11.0 Å². The van der Waals surface area contributed by atoms with Crippen LogP contribution in [0.4, 0.5) is 0 Å². The molecule has 2 rings (SSSR count). The lowest BCUT2D eigenvalue weighted by Gasteiger charge is -2.61. The van der Waals surface area contributed by atoms with Crippen molar-refractivity contribution in [3.05, 3.63) is 16.1 Å². The number of hydrogen-bond acceptors (Lipinski definition) is 3. The Bertz CT molecular complexity index is 495. The molecular formula is C16H28N2S. The zero-order valence-electron chi connectivity index (χ0n) is 13.9. The van der Waals surface area contributed by atoms with E-state index in [4.69, 9.17) is 0 Å². The topological polar surface area (TPSA) is 16.1 Å². The minimum Gasteiger partial charge on any atom is -0.285 e. The molecule has 0 atom stereocenters. The standard InChI is InChI=1S/C16H28N2S/c1-10(2)18-15(6,7)13-12(11(3)17-19-13)14(4,5)16(18,8)9/h10H,1-9H3. The highest BCUT2D eigenvalue weighted by Gasteiger charge is 2.56. The molecule has 108 valence electrons. The van der Waals surface area contributed by atoms with Crippen molar-refractivity contribution >= 4 is 11.5 Å². The van der Waals surface area contributed by atoms with Gasteiger partial charge in [0.05, 0.1) is 11.2 Å². The van der Waals surface area contributed by atoms with Crippen LogP contribution in [0.3, 0.4) is 0 Å². The zero-order valence-corrected chi connectivity index (χ0v) is 14.7. The quantitative estimate of drug-likeness (QED) is 0.754. The lowest BCUT2D eigenvalue weighted by molar-refractivity contribution is -0.0671. The molecule has 0 bridgehead atoms. The lowest BCUT2D eigenvalue weighted by Crippen LogP contribution is -2.67. The molecule has 1 aliphatic heterocycles. The van der Waals surface area contributed by atoms with Crippen LogP contribution in [0.15, 0.2) is 0 Å². The SMILES string of the molecule is Cc1nsc2c1C(C)(C)C(C)(C)N(C(C)C)C2(C)C. The molecule has 2 heterocycles. The van der Waals surface area contributed by atoms with Crippen LogP contribution in [0.1, 0.15) is 71.5 Å². The predicted octanol–water partition coefficient (Wildman–Crippen LogP) is 4.47. The second-order valence-electron chi connectivity index (χ2n) is 7.68. The number of aromatic nitrogens is 1. The molecule has 19 heavy (non-hydrogen) atoms. The molecule has 2 nitrogen and oxygen atoms in total. The second-order valence-corrected chi connectivity index (χ2v) is 8.45. The van der Waals surface area contributed by atoms with Gasteiger partial charge in [-0.2, -0.15) is 4.37 Å². The van der Waals surface area contributed by atoms with Crippen LogP contribution in [0, 0.1) is 6.92 Å². The van der Waals surface area contributed by atoms with Crippen LogP contribution in [0.5, 0.6) is 0 Å². The first-order valence-corrected chi connectivity index (χ1v) is 7.99. The Morgan fingerprint density at radius 1 is 1.05 bits per heavy atom. The second kappa shape index (κ2) is 4.05. The lowest BCUT2D eigenvalue weighted by atomic mass is 9.62. The average molecular weight is 280 g/mol. The van der Waals surface area contributed by atoms with E-state index in [2.05, 4.69) is 71.6 Å². The van der Waals surface area contributed by atoms with Crippen LogP contribution in [-0.4, -0.2) is 20.9 Å². The van der Waals surface area contributed by atoms with Crippen molar-refractivity contribution in [2.75, 3.05) is 0 Å². The third-order valence-electron chi connectivity index (χ3n) is 5.29. The Hall–Kier alpha value is -0.410. The van der Waals surface area contributed by atoms with Gasteiger partial charge < -0.3 is 0 Å². The Kier molecular flexibility index (Phi) is 3.19. The van der Waals surface area contributed by atoms with Crippen LogP contribution < -0.4 is 0 Å². The van der Waals surface area contributed by atoms with Gasteiger partial charge in [0.1, 0.15) is 0 Å². The van der Waals surface area contributed by atoms with Gasteiger partial charge in [-0.15, -0.1) is 0 Å². The molecule has 1 aliphatic rings. The van der Waals surface area contributed by atoms with Gasteiger partial charge in [0.25, 0.3) is 0 Å². The molecule has 0 saturated carbocycles. The largest absolute Gasteiger partial charge is 0.285 e. The van der Waals surface area contributed by atoms with Gasteiger partial charge in [-0.05, 0) is 65.6 Å². The van der Waals surface area contributed by atoms with Gasteiger partial charge in [0.2, 0.25) is 0 Å². The molecule has 0 amide bonds. The molecule has 0 saturated heterocycles. The Labute approximate surface area is 122 Å². The maximum Gasteiger partial charge on any atom is 0.0552 e. The summed E-state index contributed by atoms with van der Waals surface area (Å²) < 4.78 is 4.66. The first kappa shape index (κ1) is 15.0. The van der Waals surface area contributed by atoms with Crippen molar-refractivity contribution in [3.63, 3.8) is 0 Å². The predicted molar refractivity (Wildman–Crippen MR) is 84.0 cm³/mol. The van der Waals surface area contributed by atoms with Gasteiger partial charge in [-0.25, -0.2) is 0 Å². The molecule has 0 unspecified atom stereocenters. The minimum atomic E-state index is 0.0500. The van der Waals surface area contributed by atoms with E-state index < -0.39 is 0 Å². The number of hydrogen-bond donors (Lipinski definition) is 0. The summed E-state index contributed by atoms with van der Waals surface area (Å²) in [5.41, 5.74) is 2.96. The highest BCUT2D eigenvalue weighted by molar-refractivity contribution is 7.06. The van der Waals surface area contributed by atoms with Gasteiger partial charge in [-0.3, -0.25) is 4.90 Å². The van der Waals surface area contributed by atoms with Crippen molar-refractivity contribution in [2.45, 2.75) is 84.8 Å². The molecule has 0 spiro atoms. The van der Waals surface area contributed by atoms with E-state index in [1.807, 2.05) is 0 Å². The molecule has 0 radical (unpaired) electrons. The van der Waals surface area contributed by atoms with Gasteiger partial charge in [0, 0.05) is 21.9 Å².